The fourth-order valence-corrected chi connectivity index (χ4v) is 3.13. The van der Waals surface area contributed by atoms with Crippen molar-refractivity contribution in [3.8, 4) is 6.07 Å². The quantitative estimate of drug-likeness (QED) is 0.846. The summed E-state index contributed by atoms with van der Waals surface area (Å²) in [6, 6.07) is 13.0. The molecule has 0 saturated heterocycles. The Morgan fingerprint density at radius 2 is 1.90 bits per heavy atom. The van der Waals surface area contributed by atoms with Gasteiger partial charge in [0, 0.05) is 0 Å². The van der Waals surface area contributed by atoms with Crippen LogP contribution in [0.2, 0.25) is 0 Å². The van der Waals surface area contributed by atoms with Gasteiger partial charge in [-0.15, -0.1) is 0 Å². The molecule has 0 fully saturated rings. The van der Waals surface area contributed by atoms with E-state index in [4.69, 9.17) is 11.0 Å². The van der Waals surface area contributed by atoms with Crippen molar-refractivity contribution in [1.29, 1.82) is 5.26 Å². The van der Waals surface area contributed by atoms with Crippen LogP contribution in [0.25, 0.3) is 0 Å². The van der Waals surface area contributed by atoms with Gasteiger partial charge in [-0.2, -0.15) is 5.26 Å². The normalized spacial score (nSPS) is 10.8. The molecular weight excluding hydrogens is 274 g/mol. The zero-order valence-electron chi connectivity index (χ0n) is 10.8. The highest BCUT2D eigenvalue weighted by molar-refractivity contribution is 7.92. The van der Waals surface area contributed by atoms with Gasteiger partial charge >= 0.3 is 0 Å². The molecule has 0 aromatic heterocycles. The van der Waals surface area contributed by atoms with E-state index in [1.54, 1.807) is 31.2 Å². The maximum atomic E-state index is 12.3. The summed E-state index contributed by atoms with van der Waals surface area (Å²) in [6.07, 6.45) is 0. The molecule has 0 atom stereocenters. The maximum absolute atomic E-state index is 12.3. The molecular formula is C14H13N3O2S. The first-order chi connectivity index (χ1) is 9.44. The minimum atomic E-state index is -3.73. The highest BCUT2D eigenvalue weighted by Gasteiger charge is 2.18. The Balaban J connectivity index is 2.42. The van der Waals surface area contributed by atoms with Gasteiger partial charge in [-0.05, 0) is 42.8 Å². The number of nitrogen functional groups attached to an aromatic ring is 1. The molecule has 0 bridgehead atoms. The number of para-hydroxylation sites is 2. The SMILES string of the molecule is Cc1cc(C#N)ccc1S(=O)(=O)Nc1ccccc1N. The minimum absolute atomic E-state index is 0.125. The zero-order chi connectivity index (χ0) is 14.8. The topological polar surface area (TPSA) is 96.0 Å². The van der Waals surface area contributed by atoms with Crippen molar-refractivity contribution in [2.75, 3.05) is 10.5 Å². The summed E-state index contributed by atoms with van der Waals surface area (Å²) in [5.41, 5.74) is 7.32. The average molecular weight is 287 g/mol. The van der Waals surface area contributed by atoms with Crippen molar-refractivity contribution in [3.05, 3.63) is 53.6 Å². The fourth-order valence-electron chi connectivity index (χ4n) is 1.81. The molecule has 0 amide bonds. The predicted octanol–water partition coefficient (Wildman–Crippen LogP) is 2.25. The fraction of sp³-hybridized carbons (Fsp3) is 0.0714. The summed E-state index contributed by atoms with van der Waals surface area (Å²) in [6.45, 7) is 1.64. The van der Waals surface area contributed by atoms with E-state index in [2.05, 4.69) is 4.72 Å². The van der Waals surface area contributed by atoms with Gasteiger partial charge in [-0.3, -0.25) is 4.72 Å². The average Bonchev–Trinajstić information content (AvgIpc) is 2.40. The van der Waals surface area contributed by atoms with Crippen LogP contribution < -0.4 is 10.5 Å². The van der Waals surface area contributed by atoms with Crippen molar-refractivity contribution in [2.45, 2.75) is 11.8 Å². The molecule has 0 unspecified atom stereocenters. The molecule has 0 aliphatic carbocycles. The minimum Gasteiger partial charge on any atom is -0.397 e. The second kappa shape index (κ2) is 5.23. The molecule has 2 aromatic rings. The number of hydrogen-bond donors (Lipinski definition) is 2. The summed E-state index contributed by atoms with van der Waals surface area (Å²) in [5, 5.41) is 8.80. The number of nitriles is 1. The number of nitrogens with zero attached hydrogens (tertiary/aromatic N) is 1. The van der Waals surface area contributed by atoms with E-state index < -0.39 is 10.0 Å². The number of anilines is 2. The van der Waals surface area contributed by atoms with E-state index in [1.165, 1.54) is 18.2 Å². The second-order valence-corrected chi connectivity index (χ2v) is 5.94. The summed E-state index contributed by atoms with van der Waals surface area (Å²) in [5.74, 6) is 0. The van der Waals surface area contributed by atoms with Gasteiger partial charge in [-0.25, -0.2) is 8.42 Å². The molecule has 0 aliphatic rings. The van der Waals surface area contributed by atoms with Crippen LogP contribution in [0.15, 0.2) is 47.4 Å². The van der Waals surface area contributed by atoms with Crippen LogP contribution >= 0.6 is 0 Å². The van der Waals surface area contributed by atoms with Gasteiger partial charge in [-0.1, -0.05) is 12.1 Å². The molecule has 0 saturated carbocycles. The summed E-state index contributed by atoms with van der Waals surface area (Å²) < 4.78 is 27.1. The Kier molecular flexibility index (Phi) is 3.63. The van der Waals surface area contributed by atoms with Crippen LogP contribution in [-0.2, 0) is 10.0 Å². The van der Waals surface area contributed by atoms with Gasteiger partial charge in [0.1, 0.15) is 0 Å². The largest absolute Gasteiger partial charge is 0.397 e. The third-order valence-electron chi connectivity index (χ3n) is 2.80. The molecule has 0 radical (unpaired) electrons. The predicted molar refractivity (Wildman–Crippen MR) is 77.6 cm³/mol. The number of benzene rings is 2. The van der Waals surface area contributed by atoms with Crippen molar-refractivity contribution < 1.29 is 8.42 Å². The van der Waals surface area contributed by atoms with Crippen LogP contribution in [0.1, 0.15) is 11.1 Å². The number of hydrogen-bond acceptors (Lipinski definition) is 4. The van der Waals surface area contributed by atoms with Gasteiger partial charge in [0.25, 0.3) is 10.0 Å². The molecule has 102 valence electrons. The molecule has 20 heavy (non-hydrogen) atoms. The van der Waals surface area contributed by atoms with Crippen molar-refractivity contribution in [3.63, 3.8) is 0 Å². The first kappa shape index (κ1) is 13.9. The highest BCUT2D eigenvalue weighted by atomic mass is 32.2. The monoisotopic (exact) mass is 287 g/mol. The summed E-state index contributed by atoms with van der Waals surface area (Å²) >= 11 is 0. The molecule has 0 aliphatic heterocycles. The van der Waals surface area contributed by atoms with Crippen LogP contribution in [0.5, 0.6) is 0 Å². The first-order valence-corrected chi connectivity index (χ1v) is 7.30. The van der Waals surface area contributed by atoms with Crippen LogP contribution in [0.3, 0.4) is 0 Å². The number of nitrogens with one attached hydrogen (secondary N) is 1. The van der Waals surface area contributed by atoms with Gasteiger partial charge in [0.15, 0.2) is 0 Å². The molecule has 3 N–H and O–H groups in total. The third-order valence-corrected chi connectivity index (χ3v) is 4.32. The van der Waals surface area contributed by atoms with Crippen LogP contribution in [0, 0.1) is 18.3 Å². The lowest BCUT2D eigenvalue weighted by Crippen LogP contribution is -2.15. The lowest BCUT2D eigenvalue weighted by atomic mass is 10.2. The second-order valence-electron chi connectivity index (χ2n) is 4.28. The van der Waals surface area contributed by atoms with Crippen molar-refractivity contribution in [2.24, 2.45) is 0 Å². The van der Waals surface area contributed by atoms with Gasteiger partial charge in [0.05, 0.1) is 27.9 Å². The molecule has 2 rings (SSSR count). The van der Waals surface area contributed by atoms with E-state index >= 15 is 0 Å². The molecule has 0 spiro atoms. The lowest BCUT2D eigenvalue weighted by molar-refractivity contribution is 0.600. The zero-order valence-corrected chi connectivity index (χ0v) is 11.6. The van der Waals surface area contributed by atoms with E-state index in [-0.39, 0.29) is 4.90 Å². The molecule has 6 heteroatoms. The molecule has 0 heterocycles. The number of rotatable bonds is 3. The molecule has 2 aromatic carbocycles. The smallest absolute Gasteiger partial charge is 0.262 e. The Labute approximate surface area is 117 Å². The van der Waals surface area contributed by atoms with E-state index in [0.717, 1.165) is 0 Å². The van der Waals surface area contributed by atoms with E-state index in [9.17, 15) is 8.42 Å². The lowest BCUT2D eigenvalue weighted by Gasteiger charge is -2.12. The van der Waals surface area contributed by atoms with Crippen LogP contribution in [-0.4, -0.2) is 8.42 Å². The maximum Gasteiger partial charge on any atom is 0.262 e. The number of sulfonamides is 1. The van der Waals surface area contributed by atoms with E-state index in [1.807, 2.05) is 6.07 Å². The Morgan fingerprint density at radius 1 is 1.20 bits per heavy atom. The first-order valence-electron chi connectivity index (χ1n) is 5.82. The Bertz CT molecular complexity index is 792. The number of nitrogens with two attached hydrogens (primary N) is 1. The van der Waals surface area contributed by atoms with Crippen molar-refractivity contribution >= 4 is 21.4 Å². The van der Waals surface area contributed by atoms with Gasteiger partial charge < -0.3 is 5.73 Å². The third kappa shape index (κ3) is 2.73. The summed E-state index contributed by atoms with van der Waals surface area (Å²) in [4.78, 5) is 0.125. The Morgan fingerprint density at radius 3 is 2.50 bits per heavy atom. The standard InChI is InChI=1S/C14H13N3O2S/c1-10-8-11(9-15)6-7-14(10)20(18,19)17-13-5-3-2-4-12(13)16/h2-8,17H,16H2,1H3. The van der Waals surface area contributed by atoms with Crippen molar-refractivity contribution in [1.82, 2.24) is 0 Å². The summed E-state index contributed by atoms with van der Waals surface area (Å²) in [7, 11) is -3.73. The highest BCUT2D eigenvalue weighted by Crippen LogP contribution is 2.23. The Hall–Kier alpha value is -2.52. The number of aryl methyl sites for hydroxylation is 1. The van der Waals surface area contributed by atoms with E-state index in [0.29, 0.717) is 22.5 Å². The van der Waals surface area contributed by atoms with Crippen LogP contribution in [0.4, 0.5) is 11.4 Å². The molecule has 5 nitrogen and oxygen atoms in total. The van der Waals surface area contributed by atoms with Gasteiger partial charge in [0.2, 0.25) is 0 Å².